The van der Waals surface area contributed by atoms with Crippen LogP contribution in [0, 0.1) is 0 Å². The van der Waals surface area contributed by atoms with Crippen LogP contribution in [0.15, 0.2) is 0 Å². The summed E-state index contributed by atoms with van der Waals surface area (Å²) in [5.41, 5.74) is 1.24. The fraction of sp³-hybridized carbons (Fsp3) is 1.00. The van der Waals surface area contributed by atoms with E-state index in [1.54, 1.807) is 0 Å². The molecule has 2 heterocycles. The molecule has 2 aliphatic heterocycles. The van der Waals surface area contributed by atoms with Crippen LogP contribution in [0.3, 0.4) is 0 Å². The Kier molecular flexibility index (Phi) is 0.516. The van der Waals surface area contributed by atoms with Crippen molar-refractivity contribution in [3.05, 3.63) is 0 Å². The normalized spacial score (nSPS) is 61.9. The molecule has 0 amide bonds. The Morgan fingerprint density at radius 1 is 1.12 bits per heavy atom. The number of nitrogens with zero attached hydrogens (tertiary/aromatic N) is 1. The van der Waals surface area contributed by atoms with Crippen molar-refractivity contribution in [2.75, 3.05) is 7.05 Å². The average Bonchev–Trinajstić information content (AvgIpc) is 1.66. The Morgan fingerprint density at radius 3 is 1.50 bits per heavy atom. The van der Waals surface area contributed by atoms with Crippen molar-refractivity contribution in [1.82, 2.24) is 4.90 Å². The van der Waals surface area contributed by atoms with Gasteiger partial charge in [-0.1, -0.05) is 0 Å². The lowest BCUT2D eigenvalue weighted by molar-refractivity contribution is -0.237. The van der Waals surface area contributed by atoms with E-state index in [1.807, 2.05) is 0 Å². The van der Waals surface area contributed by atoms with Gasteiger partial charge in [0.05, 0.1) is 0 Å². The minimum atomic E-state index is 0.620. The first-order valence-electron chi connectivity index (χ1n) is 3.31. The van der Waals surface area contributed by atoms with Crippen LogP contribution in [0.5, 0.6) is 0 Å². The van der Waals surface area contributed by atoms with Crippen molar-refractivity contribution in [2.24, 2.45) is 0 Å². The maximum absolute atomic E-state index is 2.49. The molecule has 0 aromatic rings. The second kappa shape index (κ2) is 0.860. The summed E-state index contributed by atoms with van der Waals surface area (Å²) in [6.07, 6.45) is 2.85. The standard InChI is InChI=1S/C7H13N/c1-6-4-7(2,5-6)8(6)3/h4-5H2,1-3H3. The molecule has 0 radical (unpaired) electrons. The molecule has 1 saturated carbocycles. The molecule has 3 rings (SSSR count). The minimum Gasteiger partial charge on any atom is -0.295 e. The first-order valence-corrected chi connectivity index (χ1v) is 3.31. The van der Waals surface area contributed by atoms with Crippen molar-refractivity contribution in [3.63, 3.8) is 0 Å². The smallest absolute Gasteiger partial charge is 0.0218 e. The van der Waals surface area contributed by atoms with Gasteiger partial charge >= 0.3 is 0 Å². The molecular formula is C7H13N. The summed E-state index contributed by atoms with van der Waals surface area (Å²) in [5, 5.41) is 0. The molecule has 0 aromatic carbocycles. The van der Waals surface area contributed by atoms with Crippen LogP contribution in [-0.4, -0.2) is 23.0 Å². The van der Waals surface area contributed by atoms with E-state index in [1.165, 1.54) is 12.8 Å². The van der Waals surface area contributed by atoms with E-state index in [-0.39, 0.29) is 0 Å². The van der Waals surface area contributed by atoms with Crippen LogP contribution in [0.4, 0.5) is 0 Å². The zero-order valence-electron chi connectivity index (χ0n) is 5.86. The monoisotopic (exact) mass is 111 g/mol. The molecule has 8 heavy (non-hydrogen) atoms. The summed E-state index contributed by atoms with van der Waals surface area (Å²) in [5.74, 6) is 0. The van der Waals surface area contributed by atoms with Gasteiger partial charge in [-0.25, -0.2) is 0 Å². The summed E-state index contributed by atoms with van der Waals surface area (Å²) in [7, 11) is 2.23. The fourth-order valence-corrected chi connectivity index (χ4v) is 2.53. The third-order valence-electron chi connectivity index (χ3n) is 3.14. The first kappa shape index (κ1) is 4.80. The highest BCUT2D eigenvalue weighted by Gasteiger charge is 2.66. The van der Waals surface area contributed by atoms with Crippen LogP contribution >= 0.6 is 0 Å². The van der Waals surface area contributed by atoms with Gasteiger partial charge in [-0.3, -0.25) is 4.90 Å². The van der Waals surface area contributed by atoms with Crippen LogP contribution in [0.25, 0.3) is 0 Å². The number of rotatable bonds is 0. The van der Waals surface area contributed by atoms with Gasteiger partial charge in [0.25, 0.3) is 0 Å². The molecule has 3 aliphatic rings. The fourth-order valence-electron chi connectivity index (χ4n) is 2.53. The SMILES string of the molecule is CN1C2(C)CC1(C)C2. The van der Waals surface area contributed by atoms with Crippen LogP contribution < -0.4 is 0 Å². The second-order valence-corrected chi connectivity index (χ2v) is 3.91. The average molecular weight is 111 g/mol. The van der Waals surface area contributed by atoms with Crippen molar-refractivity contribution >= 4 is 0 Å². The topological polar surface area (TPSA) is 3.24 Å². The summed E-state index contributed by atoms with van der Waals surface area (Å²) in [6.45, 7) is 4.69. The first-order chi connectivity index (χ1) is 3.57. The minimum absolute atomic E-state index is 0.620. The molecule has 46 valence electrons. The predicted octanol–water partition coefficient (Wildman–Crippen LogP) is 1.24. The molecule has 0 spiro atoms. The molecule has 0 N–H and O–H groups in total. The van der Waals surface area contributed by atoms with Gasteiger partial charge in [0.15, 0.2) is 0 Å². The Balaban J connectivity index is 2.21. The molecule has 0 aromatic heterocycles. The summed E-state index contributed by atoms with van der Waals surface area (Å²) in [4.78, 5) is 2.49. The van der Waals surface area contributed by atoms with Crippen molar-refractivity contribution in [3.8, 4) is 0 Å². The van der Waals surface area contributed by atoms with Gasteiger partial charge < -0.3 is 0 Å². The third kappa shape index (κ3) is 0.255. The zero-order valence-corrected chi connectivity index (χ0v) is 5.86. The van der Waals surface area contributed by atoms with E-state index in [2.05, 4.69) is 25.8 Å². The van der Waals surface area contributed by atoms with Crippen LogP contribution in [0.1, 0.15) is 26.7 Å². The largest absolute Gasteiger partial charge is 0.295 e. The highest BCUT2D eigenvalue weighted by atomic mass is 15.4. The molecule has 3 fully saturated rings. The lowest BCUT2D eigenvalue weighted by Gasteiger charge is -2.76. The molecule has 2 saturated heterocycles. The Morgan fingerprint density at radius 2 is 1.50 bits per heavy atom. The van der Waals surface area contributed by atoms with Gasteiger partial charge in [0.1, 0.15) is 0 Å². The van der Waals surface area contributed by atoms with Crippen LogP contribution in [-0.2, 0) is 0 Å². The molecule has 0 atom stereocenters. The molecule has 1 aliphatic carbocycles. The molecule has 0 unspecified atom stereocenters. The second-order valence-electron chi connectivity index (χ2n) is 3.91. The number of hydrogen-bond acceptors (Lipinski definition) is 1. The number of hydrogen-bond donors (Lipinski definition) is 0. The molecule has 1 nitrogen and oxygen atoms in total. The molecule has 2 bridgehead atoms. The van der Waals surface area contributed by atoms with Crippen LogP contribution in [0.2, 0.25) is 0 Å². The Labute approximate surface area is 50.7 Å². The van der Waals surface area contributed by atoms with Gasteiger partial charge in [-0.15, -0.1) is 0 Å². The van der Waals surface area contributed by atoms with Gasteiger partial charge in [0, 0.05) is 11.1 Å². The third-order valence-corrected chi connectivity index (χ3v) is 3.14. The highest BCUT2D eigenvalue weighted by molar-refractivity contribution is 5.24. The zero-order chi connectivity index (χ0) is 5.99. The van der Waals surface area contributed by atoms with E-state index in [4.69, 9.17) is 0 Å². The van der Waals surface area contributed by atoms with Crippen molar-refractivity contribution in [2.45, 2.75) is 37.8 Å². The van der Waals surface area contributed by atoms with E-state index < -0.39 is 0 Å². The maximum Gasteiger partial charge on any atom is 0.0218 e. The van der Waals surface area contributed by atoms with E-state index in [9.17, 15) is 0 Å². The van der Waals surface area contributed by atoms with E-state index >= 15 is 0 Å². The molecule has 1 heteroatoms. The molecular weight excluding hydrogens is 98.1 g/mol. The summed E-state index contributed by atoms with van der Waals surface area (Å²) >= 11 is 0. The Hall–Kier alpha value is -0.0400. The predicted molar refractivity (Wildman–Crippen MR) is 33.8 cm³/mol. The lowest BCUT2D eigenvalue weighted by Crippen LogP contribution is -2.83. The quantitative estimate of drug-likeness (QED) is 0.454. The Bertz CT molecular complexity index is 119. The van der Waals surface area contributed by atoms with Crippen molar-refractivity contribution in [1.29, 1.82) is 0 Å². The summed E-state index contributed by atoms with van der Waals surface area (Å²) in [6, 6.07) is 0. The maximum atomic E-state index is 2.49. The van der Waals surface area contributed by atoms with E-state index in [0.29, 0.717) is 11.1 Å². The highest BCUT2D eigenvalue weighted by Crippen LogP contribution is 2.61. The van der Waals surface area contributed by atoms with Gasteiger partial charge in [0.2, 0.25) is 0 Å². The lowest BCUT2D eigenvalue weighted by atomic mass is 9.52. The van der Waals surface area contributed by atoms with Gasteiger partial charge in [-0.05, 0) is 33.7 Å². The van der Waals surface area contributed by atoms with E-state index in [0.717, 1.165) is 0 Å². The van der Waals surface area contributed by atoms with Crippen molar-refractivity contribution < 1.29 is 0 Å². The summed E-state index contributed by atoms with van der Waals surface area (Å²) < 4.78 is 0. The van der Waals surface area contributed by atoms with Gasteiger partial charge in [-0.2, -0.15) is 0 Å².